The molecule has 25 heavy (non-hydrogen) atoms. The number of thioether (sulfide) groups is 1. The summed E-state index contributed by atoms with van der Waals surface area (Å²) in [4.78, 5) is 24.8. The number of esters is 1. The van der Waals surface area contributed by atoms with E-state index >= 15 is 0 Å². The van der Waals surface area contributed by atoms with Crippen LogP contribution in [-0.4, -0.2) is 30.3 Å². The quantitative estimate of drug-likeness (QED) is 0.409. The van der Waals surface area contributed by atoms with Crippen LogP contribution in [0.15, 0.2) is 29.2 Å². The fourth-order valence-corrected chi connectivity index (χ4v) is 3.91. The van der Waals surface area contributed by atoms with Gasteiger partial charge in [0.15, 0.2) is 6.61 Å². The Morgan fingerprint density at radius 3 is 2.68 bits per heavy atom. The van der Waals surface area contributed by atoms with E-state index in [0.717, 1.165) is 29.9 Å². The molecule has 1 fully saturated rings. The van der Waals surface area contributed by atoms with Gasteiger partial charge in [-0.25, -0.2) is 0 Å². The van der Waals surface area contributed by atoms with Crippen molar-refractivity contribution in [3.8, 4) is 0 Å². The van der Waals surface area contributed by atoms with Gasteiger partial charge in [0.1, 0.15) is 0 Å². The first-order chi connectivity index (χ1) is 12.0. The molecule has 4 nitrogen and oxygen atoms in total. The van der Waals surface area contributed by atoms with E-state index < -0.39 is 0 Å². The summed E-state index contributed by atoms with van der Waals surface area (Å²) in [6, 6.07) is 7.84. The number of benzene rings is 1. The molecule has 1 aromatic rings. The maximum atomic E-state index is 11.9. The number of halogens is 1. The van der Waals surface area contributed by atoms with E-state index in [1.807, 2.05) is 24.3 Å². The van der Waals surface area contributed by atoms with E-state index in [2.05, 4.69) is 12.2 Å². The van der Waals surface area contributed by atoms with E-state index in [1.165, 1.54) is 6.42 Å². The van der Waals surface area contributed by atoms with Gasteiger partial charge in [0.25, 0.3) is 5.91 Å². The number of carbonyl (C=O) groups is 2. The van der Waals surface area contributed by atoms with Crippen LogP contribution in [-0.2, 0) is 14.3 Å². The van der Waals surface area contributed by atoms with Crippen molar-refractivity contribution < 1.29 is 14.3 Å². The number of ether oxygens (including phenoxy) is 1. The standard InChI is InChI=1S/C19H26ClNO3S/c1-14-5-2-3-6-17(14)21-18(22)13-24-19(23)7-4-12-25-16-10-8-15(20)9-11-16/h8-11,14,17H,2-7,12-13H2,1H3,(H,21,22)/t14-,17-/m1/s1. The Labute approximate surface area is 159 Å². The summed E-state index contributed by atoms with van der Waals surface area (Å²) < 4.78 is 5.07. The zero-order valence-electron chi connectivity index (χ0n) is 14.6. The molecular weight excluding hydrogens is 358 g/mol. The molecule has 0 bridgehead atoms. The maximum absolute atomic E-state index is 11.9. The van der Waals surface area contributed by atoms with Crippen molar-refractivity contribution in [1.82, 2.24) is 5.32 Å². The smallest absolute Gasteiger partial charge is 0.306 e. The Hall–Kier alpha value is -1.20. The first-order valence-corrected chi connectivity index (χ1v) is 10.2. The zero-order chi connectivity index (χ0) is 18.1. The molecule has 0 radical (unpaired) electrons. The van der Waals surface area contributed by atoms with E-state index in [9.17, 15) is 9.59 Å². The van der Waals surface area contributed by atoms with Crippen LogP contribution in [0.5, 0.6) is 0 Å². The van der Waals surface area contributed by atoms with Crippen molar-refractivity contribution in [1.29, 1.82) is 0 Å². The van der Waals surface area contributed by atoms with Gasteiger partial charge in [-0.3, -0.25) is 9.59 Å². The van der Waals surface area contributed by atoms with Gasteiger partial charge in [-0.2, -0.15) is 0 Å². The minimum absolute atomic E-state index is 0.174. The van der Waals surface area contributed by atoms with Gasteiger partial charge in [-0.05, 0) is 55.2 Å². The van der Waals surface area contributed by atoms with Crippen LogP contribution in [0.1, 0.15) is 45.4 Å². The first kappa shape index (κ1) is 20.1. The summed E-state index contributed by atoms with van der Waals surface area (Å²) in [6.45, 7) is 1.99. The van der Waals surface area contributed by atoms with Crippen LogP contribution >= 0.6 is 23.4 Å². The van der Waals surface area contributed by atoms with Gasteiger partial charge in [-0.1, -0.05) is 31.4 Å². The molecule has 2 rings (SSSR count). The summed E-state index contributed by atoms with van der Waals surface area (Å²) in [6.07, 6.45) is 5.59. The van der Waals surface area contributed by atoms with Gasteiger partial charge < -0.3 is 10.1 Å². The second-order valence-electron chi connectivity index (χ2n) is 6.50. The molecule has 0 spiro atoms. The lowest BCUT2D eigenvalue weighted by atomic mass is 9.86. The van der Waals surface area contributed by atoms with Crippen molar-refractivity contribution in [2.45, 2.75) is 56.4 Å². The molecule has 138 valence electrons. The second-order valence-corrected chi connectivity index (χ2v) is 8.11. The van der Waals surface area contributed by atoms with Gasteiger partial charge >= 0.3 is 5.97 Å². The third kappa shape index (κ3) is 7.70. The van der Waals surface area contributed by atoms with Crippen LogP contribution in [0.3, 0.4) is 0 Å². The van der Waals surface area contributed by atoms with Crippen molar-refractivity contribution in [2.24, 2.45) is 5.92 Å². The van der Waals surface area contributed by atoms with E-state index in [-0.39, 0.29) is 24.5 Å². The highest BCUT2D eigenvalue weighted by Gasteiger charge is 2.23. The second kappa shape index (κ2) is 10.7. The largest absolute Gasteiger partial charge is 0.456 e. The number of carbonyl (C=O) groups excluding carboxylic acids is 2. The average molecular weight is 384 g/mol. The lowest BCUT2D eigenvalue weighted by Gasteiger charge is -2.29. The van der Waals surface area contributed by atoms with Crippen LogP contribution in [0.2, 0.25) is 5.02 Å². The molecule has 2 atom stereocenters. The van der Waals surface area contributed by atoms with Gasteiger partial charge in [0.2, 0.25) is 0 Å². The third-order valence-corrected chi connectivity index (χ3v) is 5.78. The van der Waals surface area contributed by atoms with Crippen LogP contribution in [0.25, 0.3) is 0 Å². The zero-order valence-corrected chi connectivity index (χ0v) is 16.2. The highest BCUT2D eigenvalue weighted by atomic mass is 35.5. The molecule has 1 N–H and O–H groups in total. The van der Waals surface area contributed by atoms with E-state index in [4.69, 9.17) is 16.3 Å². The number of hydrogen-bond acceptors (Lipinski definition) is 4. The normalized spacial score (nSPS) is 20.1. The third-order valence-electron chi connectivity index (χ3n) is 4.43. The minimum Gasteiger partial charge on any atom is -0.456 e. The molecule has 6 heteroatoms. The number of hydrogen-bond donors (Lipinski definition) is 1. The van der Waals surface area contributed by atoms with Gasteiger partial charge in [0.05, 0.1) is 0 Å². The predicted octanol–water partition coefficient (Wildman–Crippen LogP) is 4.45. The summed E-state index contributed by atoms with van der Waals surface area (Å²) in [5, 5.41) is 3.70. The van der Waals surface area contributed by atoms with Crippen molar-refractivity contribution >= 4 is 35.2 Å². The lowest BCUT2D eigenvalue weighted by molar-refractivity contribution is -0.148. The average Bonchev–Trinajstić information content (AvgIpc) is 2.60. The molecule has 0 saturated heterocycles. The Morgan fingerprint density at radius 2 is 1.96 bits per heavy atom. The molecule has 1 aliphatic carbocycles. The monoisotopic (exact) mass is 383 g/mol. The number of amides is 1. The van der Waals surface area contributed by atoms with Crippen LogP contribution in [0, 0.1) is 5.92 Å². The summed E-state index contributed by atoms with van der Waals surface area (Å²) in [5.41, 5.74) is 0. The predicted molar refractivity (Wildman–Crippen MR) is 102 cm³/mol. The Balaban J connectivity index is 1.55. The van der Waals surface area contributed by atoms with Gasteiger partial charge in [-0.15, -0.1) is 11.8 Å². The fraction of sp³-hybridized carbons (Fsp3) is 0.579. The first-order valence-electron chi connectivity index (χ1n) is 8.88. The minimum atomic E-state index is -0.316. The number of rotatable bonds is 8. The summed E-state index contributed by atoms with van der Waals surface area (Å²) in [5.74, 6) is 0.812. The highest BCUT2D eigenvalue weighted by Crippen LogP contribution is 2.23. The summed E-state index contributed by atoms with van der Waals surface area (Å²) in [7, 11) is 0. The Bertz CT molecular complexity index is 564. The topological polar surface area (TPSA) is 55.4 Å². The molecule has 1 aliphatic rings. The molecule has 0 aliphatic heterocycles. The van der Waals surface area contributed by atoms with Gasteiger partial charge in [0, 0.05) is 22.4 Å². The van der Waals surface area contributed by atoms with E-state index in [0.29, 0.717) is 23.8 Å². The molecule has 1 amide bonds. The van der Waals surface area contributed by atoms with Crippen molar-refractivity contribution in [3.63, 3.8) is 0 Å². The fourth-order valence-electron chi connectivity index (χ4n) is 2.93. The molecular formula is C19H26ClNO3S. The Kier molecular flexibility index (Phi) is 8.62. The Morgan fingerprint density at radius 1 is 1.24 bits per heavy atom. The molecule has 1 aromatic carbocycles. The SMILES string of the molecule is C[C@@H]1CCCC[C@H]1NC(=O)COC(=O)CCCSc1ccc(Cl)cc1. The van der Waals surface area contributed by atoms with Crippen molar-refractivity contribution in [2.75, 3.05) is 12.4 Å². The number of nitrogens with one attached hydrogen (secondary N) is 1. The maximum Gasteiger partial charge on any atom is 0.306 e. The van der Waals surface area contributed by atoms with E-state index in [1.54, 1.807) is 11.8 Å². The van der Waals surface area contributed by atoms with Crippen molar-refractivity contribution in [3.05, 3.63) is 29.3 Å². The highest BCUT2D eigenvalue weighted by molar-refractivity contribution is 7.99. The molecule has 0 heterocycles. The summed E-state index contributed by atoms with van der Waals surface area (Å²) >= 11 is 7.51. The van der Waals surface area contributed by atoms with Crippen LogP contribution < -0.4 is 5.32 Å². The lowest BCUT2D eigenvalue weighted by Crippen LogP contribution is -2.42. The molecule has 1 saturated carbocycles. The van der Waals surface area contributed by atoms with Crippen LogP contribution in [0.4, 0.5) is 0 Å². The molecule has 0 unspecified atom stereocenters. The molecule has 0 aromatic heterocycles.